The van der Waals surface area contributed by atoms with Crippen LogP contribution in [0.15, 0.2) is 0 Å². The number of rotatable bonds is 9. The number of hydrogen-bond donors (Lipinski definition) is 3. The van der Waals surface area contributed by atoms with Gasteiger partial charge in [0.05, 0.1) is 0 Å². The summed E-state index contributed by atoms with van der Waals surface area (Å²) in [6.45, 7) is 4.21. The van der Waals surface area contributed by atoms with Crippen molar-refractivity contribution in [1.82, 2.24) is 0 Å². The fourth-order valence-electron chi connectivity index (χ4n) is 3.80. The number of hydrogen-bond acceptors (Lipinski definition) is 16. The van der Waals surface area contributed by atoms with E-state index in [0.29, 0.717) is 0 Å². The number of esters is 5. The van der Waals surface area contributed by atoms with E-state index in [1.165, 1.54) is 0 Å². The van der Waals surface area contributed by atoms with Gasteiger partial charge < -0.3 is 53.2 Å². The molecule has 216 valence electrons. The van der Waals surface area contributed by atoms with Crippen LogP contribution in [0.2, 0.25) is 0 Å². The second kappa shape index (κ2) is 13.8. The van der Waals surface area contributed by atoms with Crippen molar-refractivity contribution in [2.45, 2.75) is 96.0 Å². The van der Waals surface area contributed by atoms with E-state index in [-0.39, 0.29) is 0 Å². The first-order valence-corrected chi connectivity index (χ1v) is 11.5. The van der Waals surface area contributed by atoms with Gasteiger partial charge in [-0.2, -0.15) is 0 Å². The van der Waals surface area contributed by atoms with E-state index in [9.17, 15) is 39.3 Å². The Morgan fingerprint density at radius 2 is 1.00 bits per heavy atom. The minimum atomic E-state index is -1.81. The minimum Gasteiger partial charge on any atom is -0.463 e. The SMILES string of the molecule is CC(=O)OCC1O[C@@H](O[C@@H]2C(COC(C)=O)OC(OC(C)=O)[C@@H](OC(C)=O)C2O)[C@@H](OC(C)=O)C(O)[C@H]1O. The number of aliphatic hydroxyl groups excluding tert-OH is 3. The lowest BCUT2D eigenvalue weighted by Gasteiger charge is -2.47. The molecule has 16 nitrogen and oxygen atoms in total. The summed E-state index contributed by atoms with van der Waals surface area (Å²) in [5.74, 6) is -4.06. The van der Waals surface area contributed by atoms with Crippen molar-refractivity contribution in [3.63, 3.8) is 0 Å². The Kier molecular flexibility index (Phi) is 11.4. The van der Waals surface area contributed by atoms with Gasteiger partial charge in [0, 0.05) is 34.6 Å². The molecule has 0 aromatic carbocycles. The van der Waals surface area contributed by atoms with E-state index in [4.69, 9.17) is 37.9 Å². The summed E-state index contributed by atoms with van der Waals surface area (Å²) in [5, 5.41) is 32.1. The highest BCUT2D eigenvalue weighted by Gasteiger charge is 2.54. The fraction of sp³-hybridized carbons (Fsp3) is 0.773. The summed E-state index contributed by atoms with van der Waals surface area (Å²) in [6.07, 6.45) is -16.2. The third-order valence-corrected chi connectivity index (χ3v) is 5.34. The van der Waals surface area contributed by atoms with Crippen LogP contribution in [0.1, 0.15) is 34.6 Å². The highest BCUT2D eigenvalue weighted by atomic mass is 16.8. The zero-order valence-electron chi connectivity index (χ0n) is 21.3. The molecule has 0 amide bonds. The smallest absolute Gasteiger partial charge is 0.305 e. The van der Waals surface area contributed by atoms with Gasteiger partial charge in [0.15, 0.2) is 18.5 Å². The van der Waals surface area contributed by atoms with Crippen LogP contribution in [0.3, 0.4) is 0 Å². The van der Waals surface area contributed by atoms with Crippen molar-refractivity contribution in [1.29, 1.82) is 0 Å². The summed E-state index contributed by atoms with van der Waals surface area (Å²) in [4.78, 5) is 57.6. The van der Waals surface area contributed by atoms with Gasteiger partial charge in [-0.3, -0.25) is 24.0 Å². The maximum Gasteiger partial charge on any atom is 0.305 e. The van der Waals surface area contributed by atoms with Gasteiger partial charge in [-0.25, -0.2) is 0 Å². The number of aliphatic hydroxyl groups is 3. The Morgan fingerprint density at radius 1 is 0.553 bits per heavy atom. The zero-order valence-corrected chi connectivity index (χ0v) is 21.3. The molecule has 2 rings (SSSR count). The van der Waals surface area contributed by atoms with Crippen LogP contribution in [-0.4, -0.2) is 120 Å². The second-order valence-corrected chi connectivity index (χ2v) is 8.52. The molecule has 3 N–H and O–H groups in total. The van der Waals surface area contributed by atoms with Crippen molar-refractivity contribution in [2.75, 3.05) is 13.2 Å². The van der Waals surface area contributed by atoms with Crippen LogP contribution in [0, 0.1) is 0 Å². The third-order valence-electron chi connectivity index (χ3n) is 5.34. The summed E-state index contributed by atoms with van der Waals surface area (Å²) in [7, 11) is 0. The molecule has 0 aromatic heterocycles. The van der Waals surface area contributed by atoms with Crippen LogP contribution in [0.5, 0.6) is 0 Å². The second-order valence-electron chi connectivity index (χ2n) is 8.52. The fourth-order valence-corrected chi connectivity index (χ4v) is 3.80. The number of ether oxygens (including phenoxy) is 8. The first kappa shape index (κ1) is 31.3. The van der Waals surface area contributed by atoms with Gasteiger partial charge in [0.2, 0.25) is 6.29 Å². The topological polar surface area (TPSA) is 220 Å². The van der Waals surface area contributed by atoms with Gasteiger partial charge in [0.25, 0.3) is 0 Å². The normalized spacial score (nSPS) is 34.9. The third kappa shape index (κ3) is 8.57. The predicted molar refractivity (Wildman–Crippen MR) is 116 cm³/mol. The average Bonchev–Trinajstić information content (AvgIpc) is 2.79. The first-order chi connectivity index (χ1) is 17.7. The maximum atomic E-state index is 11.7. The molecule has 0 bridgehead atoms. The van der Waals surface area contributed by atoms with Crippen molar-refractivity contribution in [3.05, 3.63) is 0 Å². The monoisotopic (exact) mass is 552 g/mol. The molecule has 10 atom stereocenters. The lowest BCUT2D eigenvalue weighted by Crippen LogP contribution is -2.66. The molecule has 0 aliphatic carbocycles. The van der Waals surface area contributed by atoms with Crippen LogP contribution in [0.4, 0.5) is 0 Å². The van der Waals surface area contributed by atoms with E-state index in [2.05, 4.69) is 0 Å². The lowest BCUT2D eigenvalue weighted by molar-refractivity contribution is -0.356. The Bertz CT molecular complexity index is 871. The molecule has 0 aromatic rings. The van der Waals surface area contributed by atoms with Crippen molar-refractivity contribution in [3.8, 4) is 0 Å². The molecule has 38 heavy (non-hydrogen) atoms. The quantitative estimate of drug-likeness (QED) is 0.198. The molecule has 0 saturated carbocycles. The molecule has 2 aliphatic heterocycles. The molecular formula is C22H32O16. The van der Waals surface area contributed by atoms with Gasteiger partial charge in [-0.1, -0.05) is 0 Å². The summed E-state index contributed by atoms with van der Waals surface area (Å²) in [6, 6.07) is 0. The molecule has 2 aliphatic rings. The zero-order chi connectivity index (χ0) is 28.7. The average molecular weight is 552 g/mol. The molecule has 2 fully saturated rings. The Hall–Kier alpha value is -2.89. The first-order valence-electron chi connectivity index (χ1n) is 11.5. The molecule has 5 unspecified atom stereocenters. The van der Waals surface area contributed by atoms with Crippen molar-refractivity contribution < 1.29 is 77.2 Å². The van der Waals surface area contributed by atoms with Gasteiger partial charge >= 0.3 is 29.8 Å². The van der Waals surface area contributed by atoms with Gasteiger partial charge in [0.1, 0.15) is 49.8 Å². The van der Waals surface area contributed by atoms with Gasteiger partial charge in [-0.05, 0) is 0 Å². The maximum absolute atomic E-state index is 11.7. The number of carbonyl (C=O) groups excluding carboxylic acids is 5. The molecule has 2 heterocycles. The van der Waals surface area contributed by atoms with Crippen LogP contribution in [0.25, 0.3) is 0 Å². The van der Waals surface area contributed by atoms with E-state index >= 15 is 0 Å². The molecule has 0 radical (unpaired) electrons. The minimum absolute atomic E-state index is 0.522. The van der Waals surface area contributed by atoms with Crippen molar-refractivity contribution >= 4 is 29.8 Å². The molecular weight excluding hydrogens is 520 g/mol. The summed E-state index contributed by atoms with van der Waals surface area (Å²) < 4.78 is 42.0. The van der Waals surface area contributed by atoms with Crippen molar-refractivity contribution in [2.24, 2.45) is 0 Å². The molecule has 2 saturated heterocycles. The summed E-state index contributed by atoms with van der Waals surface area (Å²) >= 11 is 0. The van der Waals surface area contributed by atoms with E-state index in [1.54, 1.807) is 0 Å². The van der Waals surface area contributed by atoms with E-state index < -0.39 is 104 Å². The lowest BCUT2D eigenvalue weighted by atomic mass is 9.96. The van der Waals surface area contributed by atoms with E-state index in [1.807, 2.05) is 0 Å². The number of carbonyl (C=O) groups is 5. The van der Waals surface area contributed by atoms with Crippen LogP contribution < -0.4 is 0 Å². The Balaban J connectivity index is 2.41. The standard InChI is InChI=1S/C22H32O16/c1-8(23)31-6-13-15(28)16(29)19(33-10(3)25)22(36-13)38-18-14(7-32-9(2)24)37-21(35-12(5)27)20(17(18)30)34-11(4)26/h13-22,28-30H,6-7H2,1-5H3/t13?,14?,15-,16?,17?,18+,19-,20-,21?,22-/m0/s1. The predicted octanol–water partition coefficient (Wildman–Crippen LogP) is -2.54. The Labute approximate surface area is 216 Å². The Morgan fingerprint density at radius 3 is 1.47 bits per heavy atom. The highest BCUT2D eigenvalue weighted by molar-refractivity contribution is 5.68. The summed E-state index contributed by atoms with van der Waals surface area (Å²) in [5.41, 5.74) is 0. The highest BCUT2D eigenvalue weighted by Crippen LogP contribution is 2.32. The largest absolute Gasteiger partial charge is 0.463 e. The van der Waals surface area contributed by atoms with Gasteiger partial charge in [-0.15, -0.1) is 0 Å². The van der Waals surface area contributed by atoms with Crippen LogP contribution in [-0.2, 0) is 61.9 Å². The molecule has 0 spiro atoms. The molecule has 16 heteroatoms. The van der Waals surface area contributed by atoms with E-state index in [0.717, 1.165) is 34.6 Å². The van der Waals surface area contributed by atoms with Crippen LogP contribution >= 0.6 is 0 Å².